The first-order chi connectivity index (χ1) is 6.82. The van der Waals surface area contributed by atoms with E-state index in [0.29, 0.717) is 12.1 Å². The molecule has 1 aromatic rings. The molecule has 1 rings (SSSR count). The Labute approximate surface area is 130 Å². The van der Waals surface area contributed by atoms with Gasteiger partial charge in [-0.25, -0.2) is 4.39 Å². The molecule has 84 valence electrons. The number of hydrogen-bond acceptors (Lipinski definition) is 1. The van der Waals surface area contributed by atoms with E-state index in [2.05, 4.69) is 4.74 Å². The molecule has 0 N–H and O–H groups in total. The molecule has 0 aliphatic carbocycles. The average Bonchev–Trinajstić information content (AvgIpc) is 2.05. The second-order valence-corrected chi connectivity index (χ2v) is 2.61. The second-order valence-electron chi connectivity index (χ2n) is 2.61. The molecular formula is C7H4BF6KO. The molecule has 0 saturated carbocycles. The molecule has 0 heterocycles. The van der Waals surface area contributed by atoms with E-state index < -0.39 is 30.6 Å². The summed E-state index contributed by atoms with van der Waals surface area (Å²) in [6.45, 7) is -9.09. The number of rotatable bonds is 3. The van der Waals surface area contributed by atoms with Gasteiger partial charge in [-0.15, -0.1) is 0 Å². The van der Waals surface area contributed by atoms with Crippen LogP contribution in [0.25, 0.3) is 0 Å². The Hall–Kier alpha value is 0.301. The molecule has 0 fully saturated rings. The maximum atomic E-state index is 12.8. The summed E-state index contributed by atoms with van der Waals surface area (Å²) in [5.41, 5.74) is -1.50. The number of para-hydroxylation sites is 1. The summed E-state index contributed by atoms with van der Waals surface area (Å²) >= 11 is 0. The van der Waals surface area contributed by atoms with Crippen LogP contribution in [0.4, 0.5) is 26.1 Å². The molecule has 1 nitrogen and oxygen atoms in total. The van der Waals surface area contributed by atoms with Crippen molar-refractivity contribution in [1.82, 2.24) is 0 Å². The van der Waals surface area contributed by atoms with E-state index in [4.69, 9.17) is 0 Å². The summed E-state index contributed by atoms with van der Waals surface area (Å²) in [6.07, 6.45) is 0. The molecule has 0 atom stereocenters. The number of hydrogen-bond donors (Lipinski definition) is 0. The predicted molar refractivity (Wildman–Crippen MR) is 41.7 cm³/mol. The molecule has 0 radical (unpaired) electrons. The van der Waals surface area contributed by atoms with E-state index >= 15 is 0 Å². The van der Waals surface area contributed by atoms with Crippen molar-refractivity contribution in [3.63, 3.8) is 0 Å². The number of halogens is 6. The van der Waals surface area contributed by atoms with Crippen molar-refractivity contribution in [3.05, 3.63) is 24.0 Å². The van der Waals surface area contributed by atoms with E-state index in [-0.39, 0.29) is 51.4 Å². The van der Waals surface area contributed by atoms with Crippen LogP contribution in [0.3, 0.4) is 0 Å². The van der Waals surface area contributed by atoms with Gasteiger partial charge in [-0.2, -0.15) is 8.78 Å². The Morgan fingerprint density at radius 1 is 1.12 bits per heavy atom. The molecule has 0 aliphatic heterocycles. The zero-order valence-electron chi connectivity index (χ0n) is 8.06. The zero-order chi connectivity index (χ0) is 11.6. The third-order valence-electron chi connectivity index (χ3n) is 1.56. The molecule has 16 heavy (non-hydrogen) atoms. The fraction of sp³-hybridized carbons (Fsp3) is 0.143. The summed E-state index contributed by atoms with van der Waals surface area (Å²) < 4.78 is 76.5. The van der Waals surface area contributed by atoms with E-state index in [1.807, 2.05) is 0 Å². The largest absolute Gasteiger partial charge is 1.00 e. The number of ether oxygens (including phenoxy) is 1. The molecule has 0 bridgehead atoms. The molecule has 1 aromatic carbocycles. The van der Waals surface area contributed by atoms with Crippen LogP contribution < -0.4 is 61.6 Å². The molecule has 9 heteroatoms. The van der Waals surface area contributed by atoms with E-state index in [1.165, 1.54) is 0 Å². The van der Waals surface area contributed by atoms with E-state index in [9.17, 15) is 26.1 Å². The standard InChI is InChI=1S/C7H4BF6O.K/c9-5-3-1-2-4(8(12,13)14)6(5)15-7(10)11;/h1-3,7H;/q-1;+1. The van der Waals surface area contributed by atoms with Crippen molar-refractivity contribution >= 4 is 12.4 Å². The first-order valence-corrected chi connectivity index (χ1v) is 3.75. The van der Waals surface area contributed by atoms with Crippen LogP contribution in [0.2, 0.25) is 0 Å². The van der Waals surface area contributed by atoms with Crippen LogP contribution in [0.5, 0.6) is 5.75 Å². The summed E-state index contributed by atoms with van der Waals surface area (Å²) in [5, 5.41) is 0. The quantitative estimate of drug-likeness (QED) is 0.530. The fourth-order valence-electron chi connectivity index (χ4n) is 0.997. The monoisotopic (exact) mass is 268 g/mol. The fourth-order valence-corrected chi connectivity index (χ4v) is 0.997. The van der Waals surface area contributed by atoms with Gasteiger partial charge in [-0.1, -0.05) is 17.6 Å². The van der Waals surface area contributed by atoms with Gasteiger partial charge in [0, 0.05) is 0 Å². The average molecular weight is 268 g/mol. The Morgan fingerprint density at radius 2 is 1.69 bits per heavy atom. The molecule has 0 saturated heterocycles. The minimum Gasteiger partial charge on any atom is -0.445 e. The Bertz CT molecular complexity index is 355. The van der Waals surface area contributed by atoms with Crippen LogP contribution in [0, 0.1) is 5.82 Å². The Kier molecular flexibility index (Phi) is 6.41. The van der Waals surface area contributed by atoms with Crippen molar-refractivity contribution in [3.8, 4) is 5.75 Å². The summed E-state index contributed by atoms with van der Waals surface area (Å²) in [6, 6.07) is 1.88. The molecule has 0 amide bonds. The maximum absolute atomic E-state index is 12.8. The molecule has 0 aromatic heterocycles. The van der Waals surface area contributed by atoms with Crippen molar-refractivity contribution in [2.75, 3.05) is 0 Å². The molecular weight excluding hydrogens is 264 g/mol. The minimum atomic E-state index is -5.58. The van der Waals surface area contributed by atoms with E-state index in [1.54, 1.807) is 0 Å². The van der Waals surface area contributed by atoms with E-state index in [0.717, 1.165) is 6.07 Å². The van der Waals surface area contributed by atoms with Gasteiger partial charge < -0.3 is 17.7 Å². The van der Waals surface area contributed by atoms with Crippen LogP contribution in [0.1, 0.15) is 0 Å². The molecule has 0 spiro atoms. The van der Waals surface area contributed by atoms with Crippen molar-refractivity contribution in [2.24, 2.45) is 0 Å². The topological polar surface area (TPSA) is 9.23 Å². The first-order valence-electron chi connectivity index (χ1n) is 3.75. The summed E-state index contributed by atoms with van der Waals surface area (Å²) in [7, 11) is 0. The van der Waals surface area contributed by atoms with Crippen LogP contribution in [-0.2, 0) is 0 Å². The second kappa shape index (κ2) is 6.29. The van der Waals surface area contributed by atoms with Gasteiger partial charge >= 0.3 is 65.0 Å². The van der Waals surface area contributed by atoms with Gasteiger partial charge in [-0.05, 0) is 6.07 Å². The predicted octanol–water partition coefficient (Wildman–Crippen LogP) is -0.515. The SMILES string of the molecule is Fc1cccc([B-](F)(F)F)c1OC(F)F.[K+]. The van der Waals surface area contributed by atoms with Gasteiger partial charge in [0.2, 0.25) is 0 Å². The number of benzene rings is 1. The summed E-state index contributed by atoms with van der Waals surface area (Å²) in [4.78, 5) is 0. The third kappa shape index (κ3) is 4.28. The summed E-state index contributed by atoms with van der Waals surface area (Å²) in [5.74, 6) is -2.92. The Balaban J connectivity index is 0.00000225. The third-order valence-corrected chi connectivity index (χ3v) is 1.56. The minimum absolute atomic E-state index is 0. The van der Waals surface area contributed by atoms with Crippen LogP contribution in [-0.4, -0.2) is 13.6 Å². The normalized spacial score (nSPS) is 11.2. The van der Waals surface area contributed by atoms with Gasteiger partial charge in [-0.3, -0.25) is 0 Å². The zero-order valence-corrected chi connectivity index (χ0v) is 11.2. The number of alkyl halides is 2. The van der Waals surface area contributed by atoms with Crippen molar-refractivity contribution in [1.29, 1.82) is 0 Å². The van der Waals surface area contributed by atoms with Crippen molar-refractivity contribution < 1.29 is 82.2 Å². The molecule has 0 unspecified atom stereocenters. The smallest absolute Gasteiger partial charge is 0.445 e. The van der Waals surface area contributed by atoms with Gasteiger partial charge in [0.1, 0.15) is 5.75 Å². The van der Waals surface area contributed by atoms with Crippen LogP contribution >= 0.6 is 0 Å². The Morgan fingerprint density at radius 3 is 2.12 bits per heavy atom. The first kappa shape index (κ1) is 16.3. The molecule has 0 aliphatic rings. The van der Waals surface area contributed by atoms with Gasteiger partial charge in [0.25, 0.3) is 0 Å². The van der Waals surface area contributed by atoms with Gasteiger partial charge in [0.05, 0.1) is 0 Å². The van der Waals surface area contributed by atoms with Gasteiger partial charge in [0.15, 0.2) is 5.82 Å². The van der Waals surface area contributed by atoms with Crippen LogP contribution in [0.15, 0.2) is 18.2 Å². The van der Waals surface area contributed by atoms with Crippen molar-refractivity contribution in [2.45, 2.75) is 6.61 Å². The maximum Gasteiger partial charge on any atom is 1.00 e.